The molecule has 0 bridgehead atoms. The van der Waals surface area contributed by atoms with Crippen molar-refractivity contribution in [3.8, 4) is 0 Å². The standard InChI is InChI=1S/C11H9NO4/c13-10(14)6-12-4-3-7-5-8(11(15)16)1-2-9(7)12/h1-5H,6H2,(H,13,14)(H,15,16). The van der Waals surface area contributed by atoms with Gasteiger partial charge in [-0.15, -0.1) is 0 Å². The number of carbonyl (C=O) groups is 2. The Hall–Kier alpha value is -2.30. The fourth-order valence-corrected chi connectivity index (χ4v) is 1.62. The average Bonchev–Trinajstić information content (AvgIpc) is 2.60. The van der Waals surface area contributed by atoms with Crippen molar-refractivity contribution in [2.45, 2.75) is 6.54 Å². The molecule has 0 unspecified atom stereocenters. The summed E-state index contributed by atoms with van der Waals surface area (Å²) in [6.45, 7) is -0.129. The van der Waals surface area contributed by atoms with E-state index in [1.165, 1.54) is 12.1 Å². The summed E-state index contributed by atoms with van der Waals surface area (Å²) in [7, 11) is 0. The highest BCUT2D eigenvalue weighted by Gasteiger charge is 2.07. The van der Waals surface area contributed by atoms with Gasteiger partial charge >= 0.3 is 11.9 Å². The van der Waals surface area contributed by atoms with Crippen molar-refractivity contribution >= 4 is 22.8 Å². The van der Waals surface area contributed by atoms with Gasteiger partial charge in [0.2, 0.25) is 0 Å². The van der Waals surface area contributed by atoms with Crippen LogP contribution in [0.25, 0.3) is 10.9 Å². The van der Waals surface area contributed by atoms with E-state index in [-0.39, 0.29) is 12.1 Å². The number of aromatic carboxylic acids is 1. The quantitative estimate of drug-likeness (QED) is 0.818. The number of benzene rings is 1. The Labute approximate surface area is 90.5 Å². The zero-order chi connectivity index (χ0) is 11.7. The highest BCUT2D eigenvalue weighted by molar-refractivity contribution is 5.93. The summed E-state index contributed by atoms with van der Waals surface area (Å²) in [6, 6.07) is 6.30. The number of carboxylic acids is 2. The molecule has 0 amide bonds. The number of nitrogens with zero attached hydrogens (tertiary/aromatic N) is 1. The van der Waals surface area contributed by atoms with Crippen LogP contribution in [0.4, 0.5) is 0 Å². The van der Waals surface area contributed by atoms with Crippen molar-refractivity contribution in [1.82, 2.24) is 4.57 Å². The second-order valence-corrected chi connectivity index (χ2v) is 3.42. The number of aromatic nitrogens is 1. The van der Waals surface area contributed by atoms with Crippen LogP contribution in [-0.4, -0.2) is 26.7 Å². The van der Waals surface area contributed by atoms with E-state index in [0.717, 1.165) is 5.39 Å². The number of rotatable bonds is 3. The lowest BCUT2D eigenvalue weighted by Crippen LogP contribution is -2.07. The summed E-state index contributed by atoms with van der Waals surface area (Å²) in [5, 5.41) is 18.2. The van der Waals surface area contributed by atoms with Gasteiger partial charge in [-0.3, -0.25) is 4.79 Å². The summed E-state index contributed by atoms with van der Waals surface area (Å²) in [5.41, 5.74) is 0.910. The lowest BCUT2D eigenvalue weighted by molar-refractivity contribution is -0.137. The molecule has 1 heterocycles. The molecule has 0 aliphatic rings. The fourth-order valence-electron chi connectivity index (χ4n) is 1.62. The van der Waals surface area contributed by atoms with Gasteiger partial charge in [0, 0.05) is 17.1 Å². The molecule has 16 heavy (non-hydrogen) atoms. The molecule has 2 aromatic rings. The number of fused-ring (bicyclic) bond motifs is 1. The zero-order valence-electron chi connectivity index (χ0n) is 8.25. The molecule has 0 atom stereocenters. The molecule has 0 fully saturated rings. The first-order valence-electron chi connectivity index (χ1n) is 4.62. The SMILES string of the molecule is O=C(O)Cn1ccc2cc(C(=O)O)ccc21. The van der Waals surface area contributed by atoms with Crippen molar-refractivity contribution in [1.29, 1.82) is 0 Å². The third-order valence-electron chi connectivity index (χ3n) is 2.32. The van der Waals surface area contributed by atoms with Gasteiger partial charge in [-0.2, -0.15) is 0 Å². The highest BCUT2D eigenvalue weighted by Crippen LogP contribution is 2.17. The van der Waals surface area contributed by atoms with Crippen molar-refractivity contribution < 1.29 is 19.8 Å². The molecule has 1 aromatic heterocycles. The first-order chi connectivity index (χ1) is 7.58. The van der Waals surface area contributed by atoms with Crippen LogP contribution >= 0.6 is 0 Å². The maximum atomic E-state index is 10.7. The summed E-state index contributed by atoms with van der Waals surface area (Å²) in [5.74, 6) is -1.92. The van der Waals surface area contributed by atoms with Crippen LogP contribution in [0.15, 0.2) is 30.5 Å². The molecule has 0 aliphatic carbocycles. The summed E-state index contributed by atoms with van der Waals surface area (Å²) in [4.78, 5) is 21.3. The minimum atomic E-state index is -0.993. The summed E-state index contributed by atoms with van der Waals surface area (Å²) >= 11 is 0. The van der Waals surface area contributed by atoms with Crippen molar-refractivity contribution in [3.05, 3.63) is 36.0 Å². The lowest BCUT2D eigenvalue weighted by Gasteiger charge is -2.01. The van der Waals surface area contributed by atoms with Gasteiger partial charge < -0.3 is 14.8 Å². The molecule has 2 rings (SSSR count). The van der Waals surface area contributed by atoms with Crippen LogP contribution in [0.2, 0.25) is 0 Å². The zero-order valence-corrected chi connectivity index (χ0v) is 8.25. The Morgan fingerprint density at radius 1 is 1.19 bits per heavy atom. The van der Waals surface area contributed by atoms with Crippen molar-refractivity contribution in [2.75, 3.05) is 0 Å². The second-order valence-electron chi connectivity index (χ2n) is 3.42. The summed E-state index contributed by atoms with van der Waals surface area (Å²) < 4.78 is 1.56. The second kappa shape index (κ2) is 3.69. The van der Waals surface area contributed by atoms with Gasteiger partial charge in [-0.05, 0) is 24.3 Å². The van der Waals surface area contributed by atoms with Gasteiger partial charge in [0.25, 0.3) is 0 Å². The Bertz CT molecular complexity index is 570. The number of hydrogen-bond acceptors (Lipinski definition) is 2. The Kier molecular flexibility index (Phi) is 2.36. The smallest absolute Gasteiger partial charge is 0.335 e. The Morgan fingerprint density at radius 2 is 1.94 bits per heavy atom. The molecule has 82 valence electrons. The van der Waals surface area contributed by atoms with Gasteiger partial charge in [0.05, 0.1) is 5.56 Å². The Balaban J connectivity index is 2.50. The fraction of sp³-hybridized carbons (Fsp3) is 0.0909. The van der Waals surface area contributed by atoms with Crippen LogP contribution in [0.5, 0.6) is 0 Å². The van der Waals surface area contributed by atoms with Crippen LogP contribution in [0.3, 0.4) is 0 Å². The topological polar surface area (TPSA) is 79.5 Å². The predicted molar refractivity (Wildman–Crippen MR) is 56.5 cm³/mol. The molecule has 2 N–H and O–H groups in total. The highest BCUT2D eigenvalue weighted by atomic mass is 16.4. The number of carboxylic acid groups (broad SMARTS) is 2. The molecule has 0 aliphatic heterocycles. The molecule has 1 aromatic carbocycles. The van der Waals surface area contributed by atoms with Crippen LogP contribution in [0, 0.1) is 0 Å². The van der Waals surface area contributed by atoms with E-state index in [1.807, 2.05) is 0 Å². The van der Waals surface area contributed by atoms with E-state index in [1.54, 1.807) is 22.9 Å². The van der Waals surface area contributed by atoms with Crippen LogP contribution in [-0.2, 0) is 11.3 Å². The van der Waals surface area contributed by atoms with E-state index < -0.39 is 11.9 Å². The van der Waals surface area contributed by atoms with E-state index in [9.17, 15) is 9.59 Å². The van der Waals surface area contributed by atoms with Gasteiger partial charge in [-0.1, -0.05) is 0 Å². The maximum absolute atomic E-state index is 10.7. The molecular weight excluding hydrogens is 210 g/mol. The molecule has 0 spiro atoms. The molecular formula is C11H9NO4. The third-order valence-corrected chi connectivity index (χ3v) is 2.32. The van der Waals surface area contributed by atoms with Crippen molar-refractivity contribution in [3.63, 3.8) is 0 Å². The monoisotopic (exact) mass is 219 g/mol. The van der Waals surface area contributed by atoms with Crippen molar-refractivity contribution in [2.24, 2.45) is 0 Å². The molecule has 5 nitrogen and oxygen atoms in total. The normalized spacial score (nSPS) is 10.5. The molecule has 0 saturated carbocycles. The Morgan fingerprint density at radius 3 is 2.56 bits per heavy atom. The van der Waals surface area contributed by atoms with E-state index in [4.69, 9.17) is 10.2 Å². The van der Waals surface area contributed by atoms with Gasteiger partial charge in [-0.25, -0.2) is 4.79 Å². The molecule has 0 saturated heterocycles. The minimum absolute atomic E-state index is 0.129. The van der Waals surface area contributed by atoms with E-state index >= 15 is 0 Å². The molecule has 5 heteroatoms. The predicted octanol–water partition coefficient (Wildman–Crippen LogP) is 1.42. The molecule has 0 radical (unpaired) electrons. The first kappa shape index (κ1) is 10.2. The summed E-state index contributed by atoms with van der Waals surface area (Å²) in [6.07, 6.45) is 1.63. The maximum Gasteiger partial charge on any atom is 0.335 e. The third kappa shape index (κ3) is 1.75. The van der Waals surface area contributed by atoms with E-state index in [2.05, 4.69) is 0 Å². The van der Waals surface area contributed by atoms with E-state index in [0.29, 0.717) is 5.52 Å². The largest absolute Gasteiger partial charge is 0.480 e. The minimum Gasteiger partial charge on any atom is -0.480 e. The van der Waals surface area contributed by atoms with Crippen LogP contribution < -0.4 is 0 Å². The van der Waals surface area contributed by atoms with Crippen LogP contribution in [0.1, 0.15) is 10.4 Å². The van der Waals surface area contributed by atoms with Gasteiger partial charge in [0.1, 0.15) is 6.54 Å². The average molecular weight is 219 g/mol. The first-order valence-corrected chi connectivity index (χ1v) is 4.62. The number of aliphatic carboxylic acids is 1. The lowest BCUT2D eigenvalue weighted by atomic mass is 10.1. The van der Waals surface area contributed by atoms with Gasteiger partial charge in [0.15, 0.2) is 0 Å². The number of hydrogen-bond donors (Lipinski definition) is 2.